The Hall–Kier alpha value is -0.680. The first kappa shape index (κ1) is 25.6. The summed E-state index contributed by atoms with van der Waals surface area (Å²) in [6.45, 7) is 19.9. The van der Waals surface area contributed by atoms with E-state index in [0.29, 0.717) is 5.92 Å². The SMILES string of the molecule is C/C=C(\C)CC/C=C(\C)CC[C@@H]1C[C@H]([C@@H](C)[C@H]2OC(C)(C)OC[C@@H]2C)OC(C)(C)O1. The van der Waals surface area contributed by atoms with E-state index >= 15 is 0 Å². The van der Waals surface area contributed by atoms with Gasteiger partial charge in [-0.2, -0.15) is 0 Å². The maximum atomic E-state index is 6.38. The highest BCUT2D eigenvalue weighted by Crippen LogP contribution is 2.38. The van der Waals surface area contributed by atoms with Crippen LogP contribution in [-0.2, 0) is 18.9 Å². The van der Waals surface area contributed by atoms with Gasteiger partial charge in [0.1, 0.15) is 0 Å². The highest BCUT2D eigenvalue weighted by Gasteiger charge is 2.44. The minimum absolute atomic E-state index is 0.127. The third-order valence-electron chi connectivity index (χ3n) is 6.55. The number of rotatable bonds is 8. The summed E-state index contributed by atoms with van der Waals surface area (Å²) in [6, 6.07) is 0. The summed E-state index contributed by atoms with van der Waals surface area (Å²) in [5.41, 5.74) is 2.91. The molecule has 0 bridgehead atoms. The molecule has 4 nitrogen and oxygen atoms in total. The van der Waals surface area contributed by atoms with Gasteiger partial charge in [-0.15, -0.1) is 0 Å². The van der Waals surface area contributed by atoms with Crippen LogP contribution in [0.15, 0.2) is 23.3 Å². The van der Waals surface area contributed by atoms with Gasteiger partial charge in [0.15, 0.2) is 11.6 Å². The van der Waals surface area contributed by atoms with Crippen LogP contribution < -0.4 is 0 Å². The van der Waals surface area contributed by atoms with Gasteiger partial charge in [-0.1, -0.05) is 37.1 Å². The van der Waals surface area contributed by atoms with Crippen LogP contribution in [0.4, 0.5) is 0 Å². The lowest BCUT2D eigenvalue weighted by Crippen LogP contribution is -2.54. The van der Waals surface area contributed by atoms with Gasteiger partial charge in [0.05, 0.1) is 24.9 Å². The Bertz CT molecular complexity index is 604. The molecule has 0 aromatic carbocycles. The Kier molecular flexibility index (Phi) is 9.18. The molecule has 0 saturated carbocycles. The fraction of sp³-hybridized carbons (Fsp3) is 0.846. The largest absolute Gasteiger partial charge is 0.350 e. The molecule has 2 fully saturated rings. The summed E-state index contributed by atoms with van der Waals surface area (Å²) < 4.78 is 24.8. The summed E-state index contributed by atoms with van der Waals surface area (Å²) in [5.74, 6) is -0.452. The van der Waals surface area contributed by atoms with E-state index in [4.69, 9.17) is 18.9 Å². The molecule has 0 unspecified atom stereocenters. The molecule has 5 atom stereocenters. The van der Waals surface area contributed by atoms with Gasteiger partial charge in [0.25, 0.3) is 0 Å². The van der Waals surface area contributed by atoms with Crippen molar-refractivity contribution in [3.63, 3.8) is 0 Å². The smallest absolute Gasteiger partial charge is 0.163 e. The third-order valence-corrected chi connectivity index (χ3v) is 6.55. The lowest BCUT2D eigenvalue weighted by molar-refractivity contribution is -0.336. The normalized spacial score (nSPS) is 33.4. The predicted molar refractivity (Wildman–Crippen MR) is 123 cm³/mol. The van der Waals surface area contributed by atoms with Crippen molar-refractivity contribution in [3.8, 4) is 0 Å². The van der Waals surface area contributed by atoms with Crippen LogP contribution >= 0.6 is 0 Å². The van der Waals surface area contributed by atoms with E-state index in [0.717, 1.165) is 38.7 Å². The Morgan fingerprint density at radius 1 is 1.00 bits per heavy atom. The van der Waals surface area contributed by atoms with Crippen LogP contribution in [0, 0.1) is 11.8 Å². The van der Waals surface area contributed by atoms with Crippen molar-refractivity contribution in [2.24, 2.45) is 11.8 Å². The molecule has 4 heteroatoms. The van der Waals surface area contributed by atoms with Crippen molar-refractivity contribution in [2.45, 2.75) is 124 Å². The molecule has 0 N–H and O–H groups in total. The average molecular weight is 423 g/mol. The molecule has 0 aromatic rings. The van der Waals surface area contributed by atoms with Crippen molar-refractivity contribution in [3.05, 3.63) is 23.3 Å². The van der Waals surface area contributed by atoms with Crippen LogP contribution in [0.5, 0.6) is 0 Å². The molecule has 0 aromatic heterocycles. The summed E-state index contributed by atoms with van der Waals surface area (Å²) in [6.07, 6.45) is 10.4. The molecular formula is C26H46O4. The van der Waals surface area contributed by atoms with E-state index in [9.17, 15) is 0 Å². The Morgan fingerprint density at radius 3 is 2.37 bits per heavy atom. The molecule has 174 valence electrons. The van der Waals surface area contributed by atoms with E-state index in [1.54, 1.807) is 0 Å². The van der Waals surface area contributed by atoms with E-state index < -0.39 is 11.6 Å². The molecule has 0 spiro atoms. The molecule has 0 radical (unpaired) electrons. The summed E-state index contributed by atoms with van der Waals surface area (Å²) in [7, 11) is 0. The highest BCUT2D eigenvalue weighted by molar-refractivity contribution is 5.03. The van der Waals surface area contributed by atoms with Gasteiger partial charge in [-0.3, -0.25) is 0 Å². The average Bonchev–Trinajstić information content (AvgIpc) is 2.66. The lowest BCUT2D eigenvalue weighted by Gasteiger charge is -2.48. The topological polar surface area (TPSA) is 36.9 Å². The van der Waals surface area contributed by atoms with Crippen molar-refractivity contribution in [1.29, 1.82) is 0 Å². The molecular weight excluding hydrogens is 376 g/mol. The molecule has 0 aliphatic carbocycles. The summed E-state index contributed by atoms with van der Waals surface area (Å²) >= 11 is 0. The minimum atomic E-state index is -0.563. The Morgan fingerprint density at radius 2 is 1.70 bits per heavy atom. The van der Waals surface area contributed by atoms with Crippen LogP contribution in [0.3, 0.4) is 0 Å². The number of hydrogen-bond acceptors (Lipinski definition) is 4. The second-order valence-electron chi connectivity index (χ2n) is 10.4. The zero-order valence-corrected chi connectivity index (χ0v) is 20.9. The van der Waals surface area contributed by atoms with Gasteiger partial charge in [-0.05, 0) is 74.1 Å². The Labute approximate surface area is 185 Å². The molecule has 2 saturated heterocycles. The maximum Gasteiger partial charge on any atom is 0.163 e. The van der Waals surface area contributed by atoms with Gasteiger partial charge in [0, 0.05) is 18.3 Å². The van der Waals surface area contributed by atoms with Crippen molar-refractivity contribution in [2.75, 3.05) is 6.61 Å². The van der Waals surface area contributed by atoms with E-state index in [1.165, 1.54) is 11.1 Å². The van der Waals surface area contributed by atoms with Crippen molar-refractivity contribution in [1.82, 2.24) is 0 Å². The predicted octanol–water partition coefficient (Wildman–Crippen LogP) is 6.79. The monoisotopic (exact) mass is 422 g/mol. The second-order valence-corrected chi connectivity index (χ2v) is 10.4. The van der Waals surface area contributed by atoms with Gasteiger partial charge >= 0.3 is 0 Å². The van der Waals surface area contributed by atoms with E-state index in [-0.39, 0.29) is 24.2 Å². The summed E-state index contributed by atoms with van der Waals surface area (Å²) in [5, 5.41) is 0. The highest BCUT2D eigenvalue weighted by atomic mass is 16.7. The third kappa shape index (κ3) is 7.78. The standard InChI is InChI=1S/C26H46O4/c1-10-18(2)12-11-13-19(3)14-15-22-16-23(29-26(8,9)28-22)21(5)24-20(4)17-27-25(6,7)30-24/h10,13,20-24H,11-12,14-17H2,1-9H3/b18-10+,19-13+/t20-,21+,22+,23+,24-/m0/s1. The van der Waals surface area contributed by atoms with Crippen molar-refractivity contribution < 1.29 is 18.9 Å². The number of ether oxygens (including phenoxy) is 4. The number of hydrogen-bond donors (Lipinski definition) is 0. The first-order valence-corrected chi connectivity index (χ1v) is 11.9. The van der Waals surface area contributed by atoms with Gasteiger partial charge in [0.2, 0.25) is 0 Å². The van der Waals surface area contributed by atoms with Crippen LogP contribution in [-0.4, -0.2) is 36.5 Å². The van der Waals surface area contributed by atoms with Gasteiger partial charge < -0.3 is 18.9 Å². The van der Waals surface area contributed by atoms with Crippen LogP contribution in [0.2, 0.25) is 0 Å². The quantitative estimate of drug-likeness (QED) is 0.403. The lowest BCUT2D eigenvalue weighted by atomic mass is 9.84. The molecule has 30 heavy (non-hydrogen) atoms. The first-order chi connectivity index (χ1) is 13.9. The summed E-state index contributed by atoms with van der Waals surface area (Å²) in [4.78, 5) is 0. The first-order valence-electron chi connectivity index (χ1n) is 11.9. The zero-order valence-electron chi connectivity index (χ0n) is 20.9. The number of allylic oxidation sites excluding steroid dienone is 4. The van der Waals surface area contributed by atoms with Crippen LogP contribution in [0.25, 0.3) is 0 Å². The maximum absolute atomic E-state index is 6.38. The molecule has 0 amide bonds. The van der Waals surface area contributed by atoms with E-state index in [2.05, 4.69) is 46.8 Å². The van der Waals surface area contributed by atoms with Crippen LogP contribution in [0.1, 0.15) is 94.4 Å². The van der Waals surface area contributed by atoms with E-state index in [1.807, 2.05) is 27.7 Å². The zero-order chi connectivity index (χ0) is 22.5. The molecule has 2 aliphatic rings. The molecule has 2 heterocycles. The Balaban J connectivity index is 1.95. The molecule has 2 aliphatic heterocycles. The molecule has 2 rings (SSSR count). The second kappa shape index (κ2) is 10.8. The minimum Gasteiger partial charge on any atom is -0.350 e. The fourth-order valence-corrected chi connectivity index (χ4v) is 4.57. The fourth-order valence-electron chi connectivity index (χ4n) is 4.57. The van der Waals surface area contributed by atoms with Crippen molar-refractivity contribution >= 4 is 0 Å². The van der Waals surface area contributed by atoms with Gasteiger partial charge in [-0.25, -0.2) is 0 Å².